The number of rotatable bonds is 6. The average Bonchev–Trinajstić information content (AvgIpc) is 3.06. The van der Waals surface area contributed by atoms with Crippen molar-refractivity contribution < 1.29 is 47.6 Å². The van der Waals surface area contributed by atoms with Crippen molar-refractivity contribution in [3.63, 3.8) is 0 Å². The maximum atomic E-state index is 14.4. The Morgan fingerprint density at radius 2 is 1.74 bits per heavy atom. The second kappa shape index (κ2) is 8.12. The lowest BCUT2D eigenvalue weighted by molar-refractivity contribution is -0.166. The summed E-state index contributed by atoms with van der Waals surface area (Å²) in [6.45, 7) is 2.95. The molecule has 0 spiro atoms. The Balaban J connectivity index is 2.41. The van der Waals surface area contributed by atoms with Crippen LogP contribution in [0.1, 0.15) is 37.5 Å². The SMILES string of the molecule is CC(=O)OCC1OC(n2cnc(C(=O)O)c2F)C(OC(C)=O)C1OC(C)=O. The van der Waals surface area contributed by atoms with E-state index in [0.717, 1.165) is 27.1 Å². The second-order valence-corrected chi connectivity index (χ2v) is 5.61. The van der Waals surface area contributed by atoms with Crippen LogP contribution >= 0.6 is 0 Å². The van der Waals surface area contributed by atoms with Crippen LogP contribution in [0.15, 0.2) is 6.33 Å². The van der Waals surface area contributed by atoms with E-state index in [9.17, 15) is 23.6 Å². The Morgan fingerprint density at radius 1 is 1.15 bits per heavy atom. The summed E-state index contributed by atoms with van der Waals surface area (Å²) in [5.41, 5.74) is -0.868. The number of ether oxygens (including phenoxy) is 4. The minimum atomic E-state index is -1.61. The van der Waals surface area contributed by atoms with Crippen LogP contribution in [0.3, 0.4) is 0 Å². The Kier molecular flexibility index (Phi) is 6.10. The molecular formula is C15H17FN2O9. The molecule has 0 aliphatic carbocycles. The molecule has 2 heterocycles. The number of nitrogens with zero attached hydrogens (tertiary/aromatic N) is 2. The Hall–Kier alpha value is -3.02. The summed E-state index contributed by atoms with van der Waals surface area (Å²) in [7, 11) is 0. The molecule has 4 atom stereocenters. The van der Waals surface area contributed by atoms with Gasteiger partial charge in [-0.1, -0.05) is 0 Å². The van der Waals surface area contributed by atoms with Crippen molar-refractivity contribution in [1.82, 2.24) is 9.55 Å². The van der Waals surface area contributed by atoms with Crippen molar-refractivity contribution >= 4 is 23.9 Å². The number of imidazole rings is 1. The van der Waals surface area contributed by atoms with E-state index in [4.69, 9.17) is 24.1 Å². The van der Waals surface area contributed by atoms with Gasteiger partial charge in [0, 0.05) is 20.8 Å². The summed E-state index contributed by atoms with van der Waals surface area (Å²) in [6.07, 6.45) is -4.22. The van der Waals surface area contributed by atoms with Crippen molar-refractivity contribution in [3.8, 4) is 0 Å². The number of carbonyl (C=O) groups is 4. The third-order valence-electron chi connectivity index (χ3n) is 3.55. The lowest BCUT2D eigenvalue weighted by atomic mass is 10.1. The number of hydrogen-bond acceptors (Lipinski definition) is 9. The third-order valence-corrected chi connectivity index (χ3v) is 3.55. The first-order chi connectivity index (χ1) is 12.6. The van der Waals surface area contributed by atoms with E-state index in [2.05, 4.69) is 4.98 Å². The minimum absolute atomic E-state index is 0.371. The molecule has 1 fully saturated rings. The van der Waals surface area contributed by atoms with Gasteiger partial charge in [-0.2, -0.15) is 4.39 Å². The quantitative estimate of drug-likeness (QED) is 0.524. The fourth-order valence-corrected chi connectivity index (χ4v) is 2.58. The fourth-order valence-electron chi connectivity index (χ4n) is 2.58. The zero-order chi connectivity index (χ0) is 20.3. The van der Waals surface area contributed by atoms with Gasteiger partial charge < -0.3 is 24.1 Å². The predicted octanol–water partition coefficient (Wildman–Crippen LogP) is 0.0443. The van der Waals surface area contributed by atoms with Gasteiger partial charge in [0.15, 0.2) is 18.4 Å². The summed E-state index contributed by atoms with van der Waals surface area (Å²) in [5.74, 6) is -5.03. The topological polar surface area (TPSA) is 143 Å². The van der Waals surface area contributed by atoms with Crippen molar-refractivity contribution in [2.75, 3.05) is 6.61 Å². The van der Waals surface area contributed by atoms with E-state index in [-0.39, 0.29) is 6.61 Å². The lowest BCUT2D eigenvalue weighted by Crippen LogP contribution is -2.40. The molecule has 0 bridgehead atoms. The van der Waals surface area contributed by atoms with Crippen LogP contribution in [0.2, 0.25) is 0 Å². The molecule has 1 aliphatic heterocycles. The van der Waals surface area contributed by atoms with E-state index in [0.29, 0.717) is 4.57 Å². The highest BCUT2D eigenvalue weighted by molar-refractivity contribution is 5.85. The first kappa shape index (κ1) is 20.3. The van der Waals surface area contributed by atoms with Gasteiger partial charge in [0.2, 0.25) is 11.6 Å². The predicted molar refractivity (Wildman–Crippen MR) is 80.8 cm³/mol. The summed E-state index contributed by atoms with van der Waals surface area (Å²) >= 11 is 0. The normalized spacial score (nSPS) is 24.3. The van der Waals surface area contributed by atoms with Crippen LogP contribution in [0.4, 0.5) is 4.39 Å². The van der Waals surface area contributed by atoms with Gasteiger partial charge in [-0.25, -0.2) is 9.78 Å². The van der Waals surface area contributed by atoms with E-state index in [1.165, 1.54) is 0 Å². The van der Waals surface area contributed by atoms with Gasteiger partial charge in [-0.05, 0) is 0 Å². The molecule has 4 unspecified atom stereocenters. The highest BCUT2D eigenvalue weighted by Crippen LogP contribution is 2.35. The van der Waals surface area contributed by atoms with Gasteiger partial charge in [-0.3, -0.25) is 19.0 Å². The summed E-state index contributed by atoms with van der Waals surface area (Å²) in [4.78, 5) is 48.4. The molecule has 11 nitrogen and oxygen atoms in total. The van der Waals surface area contributed by atoms with Crippen molar-refractivity contribution in [3.05, 3.63) is 18.0 Å². The molecule has 0 saturated carbocycles. The van der Waals surface area contributed by atoms with Crippen molar-refractivity contribution in [1.29, 1.82) is 0 Å². The summed E-state index contributed by atoms with van der Waals surface area (Å²) in [5, 5.41) is 8.93. The van der Waals surface area contributed by atoms with Crippen LogP contribution in [-0.4, -0.2) is 63.5 Å². The Morgan fingerprint density at radius 3 is 2.22 bits per heavy atom. The first-order valence-corrected chi connectivity index (χ1v) is 7.70. The fraction of sp³-hybridized carbons (Fsp3) is 0.533. The highest BCUT2D eigenvalue weighted by atomic mass is 19.1. The highest BCUT2D eigenvalue weighted by Gasteiger charge is 2.51. The number of esters is 3. The number of hydrogen-bond donors (Lipinski definition) is 1. The second-order valence-electron chi connectivity index (χ2n) is 5.61. The van der Waals surface area contributed by atoms with E-state index < -0.39 is 60.1 Å². The minimum Gasteiger partial charge on any atom is -0.476 e. The number of aromatic carboxylic acids is 1. The molecule has 0 amide bonds. The number of carboxylic acids is 1. The van der Waals surface area contributed by atoms with Crippen molar-refractivity contribution in [2.45, 2.75) is 45.3 Å². The average molecular weight is 388 g/mol. The summed E-state index contributed by atoms with van der Waals surface area (Å²) < 4.78 is 35.7. The van der Waals surface area contributed by atoms with Gasteiger partial charge >= 0.3 is 23.9 Å². The number of halogens is 1. The molecule has 27 heavy (non-hydrogen) atoms. The number of carbonyl (C=O) groups excluding carboxylic acids is 3. The molecule has 0 radical (unpaired) electrons. The van der Waals surface area contributed by atoms with Crippen molar-refractivity contribution in [2.24, 2.45) is 0 Å². The monoisotopic (exact) mass is 388 g/mol. The van der Waals surface area contributed by atoms with Gasteiger partial charge in [0.1, 0.15) is 19.0 Å². The molecule has 1 aliphatic rings. The van der Waals surface area contributed by atoms with Gasteiger partial charge in [0.25, 0.3) is 0 Å². The molecule has 0 aromatic carbocycles. The maximum absolute atomic E-state index is 14.4. The van der Waals surface area contributed by atoms with Gasteiger partial charge in [0.05, 0.1) is 0 Å². The third kappa shape index (κ3) is 4.58. The molecule has 12 heteroatoms. The Bertz CT molecular complexity index is 762. The van der Waals surface area contributed by atoms with E-state index >= 15 is 0 Å². The van der Waals surface area contributed by atoms with Gasteiger partial charge in [-0.15, -0.1) is 0 Å². The molecule has 148 valence electrons. The van der Waals surface area contributed by atoms with Crippen LogP contribution in [0.25, 0.3) is 0 Å². The summed E-state index contributed by atoms with van der Waals surface area (Å²) in [6, 6.07) is 0. The number of aromatic nitrogens is 2. The van der Waals surface area contributed by atoms with Crippen LogP contribution in [0.5, 0.6) is 0 Å². The van der Waals surface area contributed by atoms with Crippen LogP contribution < -0.4 is 0 Å². The zero-order valence-corrected chi connectivity index (χ0v) is 14.6. The van der Waals surface area contributed by atoms with E-state index in [1.54, 1.807) is 0 Å². The molecule has 1 aromatic heterocycles. The molecule has 2 rings (SSSR count). The first-order valence-electron chi connectivity index (χ1n) is 7.70. The standard InChI is InChI=1S/C15H17FN2O9/c1-6(19)24-4-9-11(25-7(2)20)12(26-8(3)21)14(27-9)18-5-17-10(13(18)16)15(22)23/h5,9,11-12,14H,4H2,1-3H3,(H,22,23). The molecule has 1 N–H and O–H groups in total. The lowest BCUT2D eigenvalue weighted by Gasteiger charge is -2.23. The largest absolute Gasteiger partial charge is 0.476 e. The number of carboxylic acid groups (broad SMARTS) is 1. The van der Waals surface area contributed by atoms with Crippen LogP contribution in [-0.2, 0) is 33.3 Å². The Labute approximate surface area is 152 Å². The maximum Gasteiger partial charge on any atom is 0.359 e. The zero-order valence-electron chi connectivity index (χ0n) is 14.6. The van der Waals surface area contributed by atoms with E-state index in [1.807, 2.05) is 0 Å². The molecular weight excluding hydrogens is 371 g/mol. The van der Waals surface area contributed by atoms with Crippen LogP contribution in [0, 0.1) is 5.95 Å². The molecule has 1 aromatic rings. The molecule has 1 saturated heterocycles. The smallest absolute Gasteiger partial charge is 0.359 e.